The number of benzene rings is 1. The highest BCUT2D eigenvalue weighted by molar-refractivity contribution is 5.81. The average molecular weight is 258 g/mol. The molecule has 0 atom stereocenters. The highest BCUT2D eigenvalue weighted by Gasteiger charge is 2.34. The first-order chi connectivity index (χ1) is 9.16. The van der Waals surface area contributed by atoms with E-state index in [4.69, 9.17) is 0 Å². The molecule has 1 saturated carbocycles. The van der Waals surface area contributed by atoms with Crippen molar-refractivity contribution in [3.63, 3.8) is 0 Å². The number of piperazine rings is 1. The summed E-state index contributed by atoms with van der Waals surface area (Å²) in [6.45, 7) is 8.02. The van der Waals surface area contributed by atoms with Crippen molar-refractivity contribution in [3.05, 3.63) is 29.3 Å². The lowest BCUT2D eigenvalue weighted by Gasteiger charge is -2.37. The Kier molecular flexibility index (Phi) is 3.21. The molecule has 1 aromatic carbocycles. The third-order valence-electron chi connectivity index (χ3n) is 4.27. The van der Waals surface area contributed by atoms with Crippen molar-refractivity contribution in [3.8, 4) is 0 Å². The van der Waals surface area contributed by atoms with E-state index in [0.29, 0.717) is 11.8 Å². The smallest absolute Gasteiger partial charge is 0.225 e. The van der Waals surface area contributed by atoms with Crippen molar-refractivity contribution in [1.29, 1.82) is 0 Å². The van der Waals surface area contributed by atoms with Gasteiger partial charge in [0.2, 0.25) is 5.91 Å². The Balaban J connectivity index is 1.68. The van der Waals surface area contributed by atoms with Gasteiger partial charge in [-0.05, 0) is 37.8 Å². The van der Waals surface area contributed by atoms with Crippen molar-refractivity contribution in [1.82, 2.24) is 4.90 Å². The van der Waals surface area contributed by atoms with Gasteiger partial charge in [-0.15, -0.1) is 0 Å². The molecule has 0 radical (unpaired) electrons. The molecule has 1 heterocycles. The summed E-state index contributed by atoms with van der Waals surface area (Å²) in [7, 11) is 0. The summed E-state index contributed by atoms with van der Waals surface area (Å²) in [6, 6.07) is 6.45. The Hall–Kier alpha value is -1.51. The molecule has 1 saturated heterocycles. The number of rotatable bonds is 2. The monoisotopic (exact) mass is 258 g/mol. The van der Waals surface area contributed by atoms with Crippen LogP contribution < -0.4 is 4.90 Å². The van der Waals surface area contributed by atoms with E-state index in [1.807, 2.05) is 0 Å². The molecule has 0 bridgehead atoms. The van der Waals surface area contributed by atoms with E-state index in [-0.39, 0.29) is 0 Å². The summed E-state index contributed by atoms with van der Waals surface area (Å²) >= 11 is 0. The summed E-state index contributed by atoms with van der Waals surface area (Å²) in [5.74, 6) is 0.743. The Labute approximate surface area is 115 Å². The molecule has 1 aromatic rings. The van der Waals surface area contributed by atoms with E-state index in [1.54, 1.807) is 0 Å². The van der Waals surface area contributed by atoms with Gasteiger partial charge >= 0.3 is 0 Å². The molecule has 0 spiro atoms. The van der Waals surface area contributed by atoms with E-state index in [2.05, 4.69) is 41.8 Å². The van der Waals surface area contributed by atoms with Crippen molar-refractivity contribution in [2.45, 2.75) is 26.7 Å². The van der Waals surface area contributed by atoms with Crippen LogP contribution in [0.1, 0.15) is 24.0 Å². The minimum absolute atomic E-state index is 0.353. The maximum absolute atomic E-state index is 12.0. The third kappa shape index (κ3) is 2.46. The second-order valence-corrected chi connectivity index (χ2v) is 5.83. The zero-order valence-electron chi connectivity index (χ0n) is 11.9. The Morgan fingerprint density at radius 3 is 2.16 bits per heavy atom. The van der Waals surface area contributed by atoms with Crippen LogP contribution in [0.15, 0.2) is 18.2 Å². The lowest BCUT2D eigenvalue weighted by Crippen LogP contribution is -2.49. The Bertz CT molecular complexity index is 465. The number of nitrogens with zero attached hydrogens (tertiary/aromatic N) is 2. The molecule has 102 valence electrons. The molecule has 1 amide bonds. The van der Waals surface area contributed by atoms with Crippen LogP contribution in [0.3, 0.4) is 0 Å². The summed E-state index contributed by atoms with van der Waals surface area (Å²) in [5, 5.41) is 0. The van der Waals surface area contributed by atoms with Crippen LogP contribution >= 0.6 is 0 Å². The number of amides is 1. The predicted octanol–water partition coefficient (Wildman–Crippen LogP) is 2.36. The van der Waals surface area contributed by atoms with Crippen LogP contribution in [0.2, 0.25) is 0 Å². The Morgan fingerprint density at radius 2 is 1.63 bits per heavy atom. The zero-order chi connectivity index (χ0) is 13.4. The minimum atomic E-state index is 0.353. The molecular formula is C16H22N2O. The van der Waals surface area contributed by atoms with Crippen molar-refractivity contribution in [2.75, 3.05) is 31.1 Å². The van der Waals surface area contributed by atoms with Gasteiger partial charge in [0.1, 0.15) is 0 Å². The molecular weight excluding hydrogens is 236 g/mol. The van der Waals surface area contributed by atoms with Crippen molar-refractivity contribution in [2.24, 2.45) is 5.92 Å². The predicted molar refractivity (Wildman–Crippen MR) is 77.4 cm³/mol. The summed E-state index contributed by atoms with van der Waals surface area (Å²) < 4.78 is 0. The number of para-hydroxylation sites is 1. The van der Waals surface area contributed by atoms with Crippen LogP contribution in [-0.4, -0.2) is 37.0 Å². The molecule has 1 aliphatic carbocycles. The lowest BCUT2D eigenvalue weighted by atomic mass is 10.1. The van der Waals surface area contributed by atoms with Gasteiger partial charge in [-0.1, -0.05) is 18.2 Å². The van der Waals surface area contributed by atoms with Gasteiger partial charge in [0.25, 0.3) is 0 Å². The first-order valence-corrected chi connectivity index (χ1v) is 7.27. The number of hydrogen-bond donors (Lipinski definition) is 0. The standard InChI is InChI=1S/C16H22N2O/c1-12-4-3-5-13(2)15(12)17-8-10-18(11-9-17)16(19)14-6-7-14/h3-5,14H,6-11H2,1-2H3. The summed E-state index contributed by atoms with van der Waals surface area (Å²) in [5.41, 5.74) is 4.03. The molecule has 0 unspecified atom stereocenters. The molecule has 2 fully saturated rings. The maximum Gasteiger partial charge on any atom is 0.225 e. The van der Waals surface area contributed by atoms with Gasteiger partial charge in [-0.3, -0.25) is 4.79 Å². The molecule has 3 nitrogen and oxygen atoms in total. The molecule has 3 heteroatoms. The van der Waals surface area contributed by atoms with Gasteiger partial charge in [-0.25, -0.2) is 0 Å². The zero-order valence-corrected chi connectivity index (χ0v) is 11.9. The quantitative estimate of drug-likeness (QED) is 0.813. The Morgan fingerprint density at radius 1 is 1.05 bits per heavy atom. The minimum Gasteiger partial charge on any atom is -0.368 e. The molecule has 1 aliphatic heterocycles. The topological polar surface area (TPSA) is 23.6 Å². The van der Waals surface area contributed by atoms with Gasteiger partial charge in [0.05, 0.1) is 0 Å². The highest BCUT2D eigenvalue weighted by atomic mass is 16.2. The van der Waals surface area contributed by atoms with E-state index in [9.17, 15) is 4.79 Å². The fraction of sp³-hybridized carbons (Fsp3) is 0.562. The number of carbonyl (C=O) groups is 1. The normalized spacial score (nSPS) is 19.7. The van der Waals surface area contributed by atoms with Crippen LogP contribution in [-0.2, 0) is 4.79 Å². The van der Waals surface area contributed by atoms with Crippen LogP contribution in [0, 0.1) is 19.8 Å². The first-order valence-electron chi connectivity index (χ1n) is 7.27. The van der Waals surface area contributed by atoms with E-state index in [0.717, 1.165) is 39.0 Å². The van der Waals surface area contributed by atoms with Gasteiger partial charge < -0.3 is 9.80 Å². The molecule has 2 aliphatic rings. The van der Waals surface area contributed by atoms with Crippen molar-refractivity contribution >= 4 is 11.6 Å². The average Bonchev–Trinajstić information content (AvgIpc) is 3.23. The fourth-order valence-electron chi connectivity index (χ4n) is 3.04. The third-order valence-corrected chi connectivity index (χ3v) is 4.27. The lowest BCUT2D eigenvalue weighted by molar-refractivity contribution is -0.132. The second-order valence-electron chi connectivity index (χ2n) is 5.83. The SMILES string of the molecule is Cc1cccc(C)c1N1CCN(C(=O)C2CC2)CC1. The number of aryl methyl sites for hydroxylation is 2. The summed E-state index contributed by atoms with van der Waals surface area (Å²) in [4.78, 5) is 16.5. The number of hydrogen-bond acceptors (Lipinski definition) is 2. The second kappa shape index (κ2) is 4.87. The van der Waals surface area contributed by atoms with Crippen molar-refractivity contribution < 1.29 is 4.79 Å². The van der Waals surface area contributed by atoms with Crippen LogP contribution in [0.25, 0.3) is 0 Å². The van der Waals surface area contributed by atoms with Gasteiger partial charge in [-0.2, -0.15) is 0 Å². The van der Waals surface area contributed by atoms with E-state index in [1.165, 1.54) is 16.8 Å². The van der Waals surface area contributed by atoms with E-state index < -0.39 is 0 Å². The summed E-state index contributed by atoms with van der Waals surface area (Å²) in [6.07, 6.45) is 2.21. The van der Waals surface area contributed by atoms with E-state index >= 15 is 0 Å². The molecule has 3 rings (SSSR count). The van der Waals surface area contributed by atoms with Gasteiger partial charge in [0.15, 0.2) is 0 Å². The number of anilines is 1. The highest BCUT2D eigenvalue weighted by Crippen LogP contribution is 2.32. The first kappa shape index (κ1) is 12.5. The fourth-order valence-corrected chi connectivity index (χ4v) is 3.04. The molecule has 19 heavy (non-hydrogen) atoms. The van der Waals surface area contributed by atoms with Crippen LogP contribution in [0.4, 0.5) is 5.69 Å². The maximum atomic E-state index is 12.0. The van der Waals surface area contributed by atoms with Crippen LogP contribution in [0.5, 0.6) is 0 Å². The number of carbonyl (C=O) groups excluding carboxylic acids is 1. The molecule has 0 N–H and O–H groups in total. The molecule has 0 aromatic heterocycles. The largest absolute Gasteiger partial charge is 0.368 e. The van der Waals surface area contributed by atoms with Gasteiger partial charge in [0, 0.05) is 37.8 Å².